The van der Waals surface area contributed by atoms with Crippen LogP contribution in [0, 0.1) is 6.92 Å². The van der Waals surface area contributed by atoms with E-state index in [0.717, 1.165) is 16.9 Å². The maximum Gasteiger partial charge on any atom is 0.166 e. The van der Waals surface area contributed by atoms with E-state index < -0.39 is 0 Å². The normalized spacial score (nSPS) is 11.5. The highest BCUT2D eigenvalue weighted by atomic mass is 35.5. The lowest BCUT2D eigenvalue weighted by Crippen LogP contribution is -2.24. The Morgan fingerprint density at radius 2 is 1.83 bits per heavy atom. The number of ether oxygens (including phenoxy) is 2. The summed E-state index contributed by atoms with van der Waals surface area (Å²) in [5, 5.41) is 12.6. The predicted octanol–water partition coefficient (Wildman–Crippen LogP) is 3.47. The van der Waals surface area contributed by atoms with Gasteiger partial charge in [0.05, 0.1) is 13.2 Å². The zero-order chi connectivity index (χ0) is 16.7. The van der Waals surface area contributed by atoms with Crippen LogP contribution in [0.2, 0.25) is 0 Å². The molecule has 0 amide bonds. The van der Waals surface area contributed by atoms with Crippen molar-refractivity contribution in [2.45, 2.75) is 33.1 Å². The number of aliphatic hydroxyl groups excluding tert-OH is 1. The first kappa shape index (κ1) is 20.3. The number of halogens is 1. The molecule has 0 aliphatic heterocycles. The molecule has 5 heteroatoms. The maximum atomic E-state index is 9.36. The van der Waals surface area contributed by atoms with Gasteiger partial charge in [-0.3, -0.25) is 0 Å². The van der Waals surface area contributed by atoms with Gasteiger partial charge in [0, 0.05) is 18.7 Å². The summed E-state index contributed by atoms with van der Waals surface area (Å²) < 4.78 is 11.4. The fourth-order valence-corrected chi connectivity index (χ4v) is 2.28. The molecule has 2 aromatic rings. The van der Waals surface area contributed by atoms with Crippen molar-refractivity contribution in [1.82, 2.24) is 5.32 Å². The Hall–Kier alpha value is -1.75. The van der Waals surface area contributed by atoms with Crippen LogP contribution >= 0.6 is 12.4 Å². The van der Waals surface area contributed by atoms with Gasteiger partial charge in [0.2, 0.25) is 0 Å². The van der Waals surface area contributed by atoms with Crippen LogP contribution in [0.5, 0.6) is 11.5 Å². The van der Waals surface area contributed by atoms with Gasteiger partial charge in [-0.25, -0.2) is 0 Å². The Balaban J connectivity index is 0.00000288. The van der Waals surface area contributed by atoms with E-state index in [2.05, 4.69) is 36.5 Å². The number of nitrogens with one attached hydrogen (secondary N) is 1. The minimum Gasteiger partial charge on any atom is -0.493 e. The Labute approximate surface area is 150 Å². The van der Waals surface area contributed by atoms with Crippen molar-refractivity contribution in [2.75, 3.05) is 13.7 Å². The standard InChI is InChI=1S/C19H25NO3.ClH/c1-14-7-9-16(10-8-14)13-23-19-17(12-20-11-15(2)21)5-4-6-18(19)22-3;/h4-10,15,20-21H,11-13H2,1-3H3;1H. The van der Waals surface area contributed by atoms with Crippen molar-refractivity contribution in [1.29, 1.82) is 0 Å². The lowest BCUT2D eigenvalue weighted by molar-refractivity contribution is 0.190. The summed E-state index contributed by atoms with van der Waals surface area (Å²) in [6.45, 7) is 5.47. The Morgan fingerprint density at radius 1 is 1.12 bits per heavy atom. The summed E-state index contributed by atoms with van der Waals surface area (Å²) in [6.07, 6.45) is -0.377. The number of aryl methyl sites for hydroxylation is 1. The summed E-state index contributed by atoms with van der Waals surface area (Å²) in [5.41, 5.74) is 3.36. The number of rotatable bonds is 8. The highest BCUT2D eigenvalue weighted by molar-refractivity contribution is 5.85. The Morgan fingerprint density at radius 3 is 2.46 bits per heavy atom. The van der Waals surface area contributed by atoms with Crippen LogP contribution in [0.25, 0.3) is 0 Å². The van der Waals surface area contributed by atoms with Gasteiger partial charge in [0.1, 0.15) is 6.61 Å². The Bertz CT molecular complexity index is 615. The van der Waals surface area contributed by atoms with Crippen molar-refractivity contribution in [3.63, 3.8) is 0 Å². The molecule has 0 saturated carbocycles. The smallest absolute Gasteiger partial charge is 0.166 e. The van der Waals surface area contributed by atoms with E-state index >= 15 is 0 Å². The maximum absolute atomic E-state index is 9.36. The van der Waals surface area contributed by atoms with Crippen molar-refractivity contribution in [3.8, 4) is 11.5 Å². The molecule has 0 spiro atoms. The monoisotopic (exact) mass is 351 g/mol. The number of hydrogen-bond acceptors (Lipinski definition) is 4. The first-order chi connectivity index (χ1) is 11.1. The van der Waals surface area contributed by atoms with E-state index in [1.807, 2.05) is 18.2 Å². The van der Waals surface area contributed by atoms with E-state index in [4.69, 9.17) is 9.47 Å². The fraction of sp³-hybridized carbons (Fsp3) is 0.368. The lowest BCUT2D eigenvalue weighted by atomic mass is 10.1. The summed E-state index contributed by atoms with van der Waals surface area (Å²) in [4.78, 5) is 0. The van der Waals surface area contributed by atoms with Crippen LogP contribution in [-0.2, 0) is 13.2 Å². The van der Waals surface area contributed by atoms with Gasteiger partial charge in [-0.15, -0.1) is 12.4 Å². The SMILES string of the molecule is COc1cccc(CNCC(C)O)c1OCc1ccc(C)cc1.Cl. The van der Waals surface area contributed by atoms with Gasteiger partial charge >= 0.3 is 0 Å². The average molecular weight is 352 g/mol. The summed E-state index contributed by atoms with van der Waals surface area (Å²) >= 11 is 0. The number of aliphatic hydroxyl groups is 1. The largest absolute Gasteiger partial charge is 0.493 e. The average Bonchev–Trinajstić information content (AvgIpc) is 2.54. The molecule has 0 heterocycles. The molecule has 2 rings (SSSR count). The van der Waals surface area contributed by atoms with Crippen LogP contribution < -0.4 is 14.8 Å². The van der Waals surface area contributed by atoms with Gasteiger partial charge in [-0.2, -0.15) is 0 Å². The van der Waals surface area contributed by atoms with Crippen LogP contribution in [0.4, 0.5) is 0 Å². The second-order valence-electron chi connectivity index (χ2n) is 5.70. The molecule has 0 saturated heterocycles. The van der Waals surface area contributed by atoms with Crippen LogP contribution in [-0.4, -0.2) is 24.9 Å². The summed E-state index contributed by atoms with van der Waals surface area (Å²) in [5.74, 6) is 1.46. The molecule has 0 fully saturated rings. The quantitative estimate of drug-likeness (QED) is 0.764. The van der Waals surface area contributed by atoms with Gasteiger partial charge in [-0.1, -0.05) is 42.0 Å². The molecule has 4 nitrogen and oxygen atoms in total. The van der Waals surface area contributed by atoms with Crippen LogP contribution in [0.15, 0.2) is 42.5 Å². The number of para-hydroxylation sites is 1. The molecule has 132 valence electrons. The van der Waals surface area contributed by atoms with Gasteiger partial charge < -0.3 is 19.9 Å². The van der Waals surface area contributed by atoms with Crippen LogP contribution in [0.3, 0.4) is 0 Å². The molecule has 1 atom stereocenters. The van der Waals surface area contributed by atoms with Gasteiger partial charge in [0.15, 0.2) is 11.5 Å². The summed E-state index contributed by atoms with van der Waals surface area (Å²) in [6, 6.07) is 14.1. The first-order valence-corrected chi connectivity index (χ1v) is 7.83. The molecule has 0 aliphatic carbocycles. The third kappa shape index (κ3) is 6.04. The van der Waals surface area contributed by atoms with Crippen molar-refractivity contribution < 1.29 is 14.6 Å². The molecule has 1 unspecified atom stereocenters. The molecule has 2 aromatic carbocycles. The Kier molecular flexibility index (Phi) is 8.61. The van der Waals surface area contributed by atoms with E-state index in [9.17, 15) is 5.11 Å². The molecule has 0 aromatic heterocycles. The molecular weight excluding hydrogens is 326 g/mol. The number of hydrogen-bond donors (Lipinski definition) is 2. The van der Waals surface area contributed by atoms with Gasteiger partial charge in [0.25, 0.3) is 0 Å². The third-order valence-electron chi connectivity index (χ3n) is 3.54. The zero-order valence-electron chi connectivity index (χ0n) is 14.4. The van der Waals surface area contributed by atoms with Gasteiger partial charge in [-0.05, 0) is 25.5 Å². The predicted molar refractivity (Wildman–Crippen MR) is 99.1 cm³/mol. The molecule has 0 aliphatic rings. The molecule has 0 bridgehead atoms. The fourth-order valence-electron chi connectivity index (χ4n) is 2.28. The van der Waals surface area contributed by atoms with Crippen molar-refractivity contribution in [3.05, 3.63) is 59.2 Å². The molecule has 24 heavy (non-hydrogen) atoms. The third-order valence-corrected chi connectivity index (χ3v) is 3.54. The van der Waals surface area contributed by atoms with E-state index in [0.29, 0.717) is 25.4 Å². The lowest BCUT2D eigenvalue weighted by Gasteiger charge is -2.16. The number of benzene rings is 2. The minimum atomic E-state index is -0.377. The molecule has 0 radical (unpaired) electrons. The van der Waals surface area contributed by atoms with E-state index in [1.54, 1.807) is 14.0 Å². The second kappa shape index (κ2) is 10.2. The van der Waals surface area contributed by atoms with Crippen molar-refractivity contribution >= 4 is 12.4 Å². The summed E-state index contributed by atoms with van der Waals surface area (Å²) in [7, 11) is 1.64. The minimum absolute atomic E-state index is 0. The van der Waals surface area contributed by atoms with Crippen LogP contribution in [0.1, 0.15) is 23.6 Å². The number of methoxy groups -OCH3 is 1. The van der Waals surface area contributed by atoms with E-state index in [-0.39, 0.29) is 18.5 Å². The highest BCUT2D eigenvalue weighted by Crippen LogP contribution is 2.31. The van der Waals surface area contributed by atoms with E-state index in [1.165, 1.54) is 5.56 Å². The first-order valence-electron chi connectivity index (χ1n) is 7.83. The van der Waals surface area contributed by atoms with Crippen molar-refractivity contribution in [2.24, 2.45) is 0 Å². The second-order valence-corrected chi connectivity index (χ2v) is 5.70. The highest BCUT2D eigenvalue weighted by Gasteiger charge is 2.11. The molecular formula is C19H26ClNO3. The zero-order valence-corrected chi connectivity index (χ0v) is 15.2. The molecule has 2 N–H and O–H groups in total. The topological polar surface area (TPSA) is 50.7 Å².